The van der Waals surface area contributed by atoms with Crippen molar-refractivity contribution in [2.45, 2.75) is 27.2 Å². The number of Topliss-reactive ketones (excluding diaryl/α,β-unsaturated/α-hetero) is 1. The Labute approximate surface area is 130 Å². The van der Waals surface area contributed by atoms with E-state index in [0.717, 1.165) is 12.0 Å². The molecule has 0 N–H and O–H groups in total. The van der Waals surface area contributed by atoms with E-state index in [2.05, 4.69) is 13.8 Å². The average molecular weight is 296 g/mol. The lowest BCUT2D eigenvalue weighted by Crippen LogP contribution is -2.14. The van der Waals surface area contributed by atoms with Gasteiger partial charge in [0.1, 0.15) is 5.75 Å². The summed E-state index contributed by atoms with van der Waals surface area (Å²) in [6.45, 7) is 5.67. The fourth-order valence-corrected chi connectivity index (χ4v) is 2.33. The zero-order valence-corrected chi connectivity index (χ0v) is 13.1. The van der Waals surface area contributed by atoms with E-state index in [9.17, 15) is 9.59 Å². The summed E-state index contributed by atoms with van der Waals surface area (Å²) in [5, 5.41) is 0. The van der Waals surface area contributed by atoms with Crippen LogP contribution in [0.4, 0.5) is 0 Å². The Morgan fingerprint density at radius 3 is 2.18 bits per heavy atom. The number of para-hydroxylation sites is 1. The van der Waals surface area contributed by atoms with E-state index >= 15 is 0 Å². The van der Waals surface area contributed by atoms with Crippen molar-refractivity contribution in [2.24, 2.45) is 5.92 Å². The van der Waals surface area contributed by atoms with Crippen LogP contribution in [0.5, 0.6) is 5.75 Å². The monoisotopic (exact) mass is 296 g/mol. The first kappa shape index (κ1) is 16.0. The molecule has 22 heavy (non-hydrogen) atoms. The quantitative estimate of drug-likeness (QED) is 0.469. The normalized spacial score (nSPS) is 10.5. The predicted molar refractivity (Wildman–Crippen MR) is 86.4 cm³/mol. The van der Waals surface area contributed by atoms with Crippen LogP contribution in [0, 0.1) is 5.92 Å². The molecule has 114 valence electrons. The van der Waals surface area contributed by atoms with E-state index in [4.69, 9.17) is 4.74 Å². The lowest BCUT2D eigenvalue weighted by atomic mass is 10.0. The maximum atomic E-state index is 12.4. The van der Waals surface area contributed by atoms with Crippen molar-refractivity contribution in [3.8, 4) is 5.75 Å². The topological polar surface area (TPSA) is 43.4 Å². The van der Waals surface area contributed by atoms with Crippen molar-refractivity contribution in [1.82, 2.24) is 0 Å². The molecular formula is C19H20O3. The smallest absolute Gasteiger partial charge is 0.344 e. The van der Waals surface area contributed by atoms with Gasteiger partial charge in [0.25, 0.3) is 0 Å². The average Bonchev–Trinajstić information content (AvgIpc) is 2.48. The third-order valence-electron chi connectivity index (χ3n) is 3.33. The van der Waals surface area contributed by atoms with Gasteiger partial charge in [-0.05, 0) is 37.0 Å². The van der Waals surface area contributed by atoms with Crippen LogP contribution in [0.25, 0.3) is 0 Å². The highest BCUT2D eigenvalue weighted by Crippen LogP contribution is 2.23. The number of esters is 1. The third-order valence-corrected chi connectivity index (χ3v) is 3.33. The van der Waals surface area contributed by atoms with Gasteiger partial charge >= 0.3 is 5.97 Å². The Balaban J connectivity index is 2.29. The van der Waals surface area contributed by atoms with Gasteiger partial charge in [-0.3, -0.25) is 4.79 Å². The predicted octanol–water partition coefficient (Wildman–Crippen LogP) is 4.31. The number of carbonyl (C=O) groups is 2. The highest BCUT2D eigenvalue weighted by molar-refractivity contribution is 6.05. The molecule has 0 heterocycles. The molecule has 3 heteroatoms. The summed E-state index contributed by atoms with van der Waals surface area (Å²) in [7, 11) is 0. The Bertz CT molecular complexity index is 687. The number of carbonyl (C=O) groups excluding carboxylic acids is 2. The molecule has 0 atom stereocenters. The summed E-state index contributed by atoms with van der Waals surface area (Å²) in [5.74, 6) is 0.369. The summed E-state index contributed by atoms with van der Waals surface area (Å²) in [5.41, 5.74) is 1.68. The lowest BCUT2D eigenvalue weighted by Gasteiger charge is -2.12. The number of ether oxygens (including phenoxy) is 1. The Hall–Kier alpha value is -2.42. The van der Waals surface area contributed by atoms with Gasteiger partial charge < -0.3 is 4.74 Å². The second-order valence-corrected chi connectivity index (χ2v) is 5.70. The van der Waals surface area contributed by atoms with Crippen LogP contribution in [-0.4, -0.2) is 11.8 Å². The first-order valence-corrected chi connectivity index (χ1v) is 7.39. The van der Waals surface area contributed by atoms with Gasteiger partial charge in [-0.15, -0.1) is 0 Å². The van der Waals surface area contributed by atoms with Gasteiger partial charge in [0.2, 0.25) is 0 Å². The maximum absolute atomic E-state index is 12.4. The van der Waals surface area contributed by atoms with Crippen LogP contribution in [0.2, 0.25) is 0 Å². The van der Waals surface area contributed by atoms with E-state index in [1.54, 1.807) is 30.3 Å². The van der Waals surface area contributed by atoms with Gasteiger partial charge in [0.15, 0.2) is 5.78 Å². The minimum Gasteiger partial charge on any atom is -0.423 e. The Morgan fingerprint density at radius 2 is 1.55 bits per heavy atom. The van der Waals surface area contributed by atoms with E-state index in [1.165, 1.54) is 6.92 Å². The van der Waals surface area contributed by atoms with Crippen molar-refractivity contribution >= 4 is 11.8 Å². The van der Waals surface area contributed by atoms with Crippen molar-refractivity contribution in [1.29, 1.82) is 0 Å². The minimum atomic E-state index is -0.498. The van der Waals surface area contributed by atoms with Crippen molar-refractivity contribution in [3.63, 3.8) is 0 Å². The Kier molecular flexibility index (Phi) is 5.10. The molecule has 0 fully saturated rings. The van der Waals surface area contributed by atoms with Crippen LogP contribution in [0.3, 0.4) is 0 Å². The molecular weight excluding hydrogens is 276 g/mol. The third kappa shape index (κ3) is 3.82. The molecule has 0 bridgehead atoms. The van der Waals surface area contributed by atoms with E-state index < -0.39 is 5.97 Å². The molecule has 0 unspecified atom stereocenters. The number of benzene rings is 2. The number of ketones is 1. The fourth-order valence-electron chi connectivity index (χ4n) is 2.33. The van der Waals surface area contributed by atoms with Crippen LogP contribution < -0.4 is 4.74 Å². The summed E-state index contributed by atoms with van der Waals surface area (Å²) in [4.78, 5) is 24.0. The van der Waals surface area contributed by atoms with Crippen molar-refractivity contribution in [2.75, 3.05) is 0 Å². The van der Waals surface area contributed by atoms with E-state index in [-0.39, 0.29) is 5.78 Å². The van der Waals surface area contributed by atoms with Crippen molar-refractivity contribution in [3.05, 3.63) is 65.2 Å². The Morgan fingerprint density at radius 1 is 0.955 bits per heavy atom. The molecule has 0 saturated carbocycles. The van der Waals surface area contributed by atoms with E-state index in [0.29, 0.717) is 22.8 Å². The molecule has 0 radical (unpaired) electrons. The zero-order valence-electron chi connectivity index (χ0n) is 13.1. The van der Waals surface area contributed by atoms with E-state index in [1.807, 2.05) is 18.2 Å². The molecule has 0 amide bonds. The molecule has 2 aromatic rings. The maximum Gasteiger partial charge on any atom is 0.344 e. The summed E-state index contributed by atoms with van der Waals surface area (Å²) in [6, 6.07) is 14.2. The molecule has 0 saturated heterocycles. The van der Waals surface area contributed by atoms with Gasteiger partial charge in [0, 0.05) is 5.56 Å². The zero-order chi connectivity index (χ0) is 16.1. The van der Waals surface area contributed by atoms with Crippen LogP contribution in [0.15, 0.2) is 48.5 Å². The molecule has 0 spiro atoms. The number of hydrogen-bond acceptors (Lipinski definition) is 3. The van der Waals surface area contributed by atoms with Gasteiger partial charge in [-0.25, -0.2) is 4.79 Å². The lowest BCUT2D eigenvalue weighted by molar-refractivity contribution is 0.0728. The largest absolute Gasteiger partial charge is 0.423 e. The van der Waals surface area contributed by atoms with Crippen LogP contribution in [-0.2, 0) is 6.42 Å². The fraction of sp³-hybridized carbons (Fsp3) is 0.263. The molecule has 0 aliphatic heterocycles. The first-order chi connectivity index (χ1) is 10.5. The van der Waals surface area contributed by atoms with Gasteiger partial charge in [-0.2, -0.15) is 0 Å². The molecule has 2 rings (SSSR count). The minimum absolute atomic E-state index is 0.150. The highest BCUT2D eigenvalue weighted by atomic mass is 16.5. The molecule has 2 aromatic carbocycles. The number of rotatable bonds is 5. The standard InChI is InChI=1S/C19H20O3/c1-13(2)12-15-8-4-7-11-18(15)22-19(21)17-10-6-5-9-16(17)14(3)20/h4-11,13H,12H2,1-3H3. The molecule has 0 aromatic heterocycles. The molecule has 0 aliphatic rings. The second kappa shape index (κ2) is 7.03. The molecule has 3 nitrogen and oxygen atoms in total. The van der Waals surface area contributed by atoms with Crippen LogP contribution >= 0.6 is 0 Å². The first-order valence-electron chi connectivity index (χ1n) is 7.39. The summed E-state index contributed by atoms with van der Waals surface area (Å²) < 4.78 is 5.53. The summed E-state index contributed by atoms with van der Waals surface area (Å²) >= 11 is 0. The van der Waals surface area contributed by atoms with Crippen molar-refractivity contribution < 1.29 is 14.3 Å². The summed E-state index contributed by atoms with van der Waals surface area (Å²) in [6.07, 6.45) is 0.831. The van der Waals surface area contributed by atoms with Gasteiger partial charge in [0.05, 0.1) is 5.56 Å². The van der Waals surface area contributed by atoms with Gasteiger partial charge in [-0.1, -0.05) is 50.2 Å². The van der Waals surface area contributed by atoms with Crippen LogP contribution in [0.1, 0.15) is 47.1 Å². The molecule has 0 aliphatic carbocycles. The number of hydrogen-bond donors (Lipinski definition) is 0. The second-order valence-electron chi connectivity index (χ2n) is 5.70. The SMILES string of the molecule is CC(=O)c1ccccc1C(=O)Oc1ccccc1CC(C)C. The highest BCUT2D eigenvalue weighted by Gasteiger charge is 2.17.